The molecule has 18 heavy (non-hydrogen) atoms. The Bertz CT molecular complexity index is 322. The van der Waals surface area contributed by atoms with Crippen LogP contribution in [0.1, 0.15) is 38.5 Å². The fourth-order valence-corrected chi connectivity index (χ4v) is 2.18. The van der Waals surface area contributed by atoms with E-state index in [0.717, 1.165) is 25.7 Å². The van der Waals surface area contributed by atoms with Gasteiger partial charge in [-0.2, -0.15) is 0 Å². The first-order valence-electron chi connectivity index (χ1n) is 6.12. The molecule has 0 radical (unpaired) electrons. The Balaban J connectivity index is 2.41. The van der Waals surface area contributed by atoms with Crippen molar-refractivity contribution in [3.63, 3.8) is 0 Å². The van der Waals surface area contributed by atoms with E-state index in [2.05, 4.69) is 10.1 Å². The fraction of sp³-hybridized carbons (Fsp3) is 0.750. The van der Waals surface area contributed by atoms with Gasteiger partial charge in [0.2, 0.25) is 5.91 Å². The first-order valence-corrected chi connectivity index (χ1v) is 6.12. The summed E-state index contributed by atoms with van der Waals surface area (Å²) in [6, 6.07) is -1.20. The summed E-state index contributed by atoms with van der Waals surface area (Å²) in [5, 5.41) is 11.3. The van der Waals surface area contributed by atoms with Crippen LogP contribution in [0.15, 0.2) is 0 Å². The quantitative estimate of drug-likeness (QED) is 0.683. The third-order valence-corrected chi connectivity index (χ3v) is 3.18. The maximum absolute atomic E-state index is 11.7. The van der Waals surface area contributed by atoms with E-state index in [1.165, 1.54) is 7.11 Å². The Kier molecular flexibility index (Phi) is 5.61. The number of carboxylic acids is 1. The number of rotatable bonds is 6. The van der Waals surface area contributed by atoms with Gasteiger partial charge in [-0.3, -0.25) is 9.59 Å². The molecular weight excluding hydrogens is 238 g/mol. The zero-order chi connectivity index (χ0) is 13.5. The predicted octanol–water partition coefficient (Wildman–Crippen LogP) is 0.699. The molecule has 0 aliphatic heterocycles. The highest BCUT2D eigenvalue weighted by Gasteiger charge is 2.25. The van der Waals surface area contributed by atoms with Crippen LogP contribution < -0.4 is 5.32 Å². The Morgan fingerprint density at radius 3 is 2.44 bits per heavy atom. The van der Waals surface area contributed by atoms with E-state index in [9.17, 15) is 14.4 Å². The third kappa shape index (κ3) is 4.73. The summed E-state index contributed by atoms with van der Waals surface area (Å²) in [5.41, 5.74) is 0. The van der Waals surface area contributed by atoms with Crippen LogP contribution in [0.4, 0.5) is 0 Å². The molecule has 102 valence electrons. The number of esters is 1. The zero-order valence-electron chi connectivity index (χ0n) is 10.5. The van der Waals surface area contributed by atoms with E-state index < -0.39 is 18.0 Å². The monoisotopic (exact) mass is 257 g/mol. The molecule has 0 spiro atoms. The summed E-state index contributed by atoms with van der Waals surface area (Å²) in [4.78, 5) is 33.6. The van der Waals surface area contributed by atoms with Gasteiger partial charge in [0.25, 0.3) is 0 Å². The van der Waals surface area contributed by atoms with Crippen molar-refractivity contribution in [1.29, 1.82) is 0 Å². The Labute approximate surface area is 106 Å². The smallest absolute Gasteiger partial charge is 0.326 e. The highest BCUT2D eigenvalue weighted by Crippen LogP contribution is 2.27. The topological polar surface area (TPSA) is 92.7 Å². The van der Waals surface area contributed by atoms with Crippen LogP contribution in [0.25, 0.3) is 0 Å². The van der Waals surface area contributed by atoms with Crippen LogP contribution in [0.5, 0.6) is 0 Å². The van der Waals surface area contributed by atoms with Crippen LogP contribution in [-0.2, 0) is 19.1 Å². The number of carbonyl (C=O) groups is 3. The van der Waals surface area contributed by atoms with Gasteiger partial charge in [0.15, 0.2) is 0 Å². The second kappa shape index (κ2) is 6.98. The van der Waals surface area contributed by atoms with Gasteiger partial charge in [-0.1, -0.05) is 12.8 Å². The molecule has 1 aliphatic rings. The average Bonchev–Trinajstić information content (AvgIpc) is 2.80. The number of carboxylic acid groups (broad SMARTS) is 1. The molecule has 1 rings (SSSR count). The van der Waals surface area contributed by atoms with Crippen molar-refractivity contribution in [2.75, 3.05) is 7.11 Å². The molecule has 0 aromatic heterocycles. The minimum absolute atomic E-state index is 0.307. The third-order valence-electron chi connectivity index (χ3n) is 3.18. The summed E-state index contributed by atoms with van der Waals surface area (Å²) in [7, 11) is 1.18. The number of carbonyl (C=O) groups excluding carboxylic acids is 2. The molecule has 1 amide bonds. The average molecular weight is 257 g/mol. The van der Waals surface area contributed by atoms with E-state index in [4.69, 9.17) is 5.11 Å². The van der Waals surface area contributed by atoms with E-state index in [0.29, 0.717) is 12.3 Å². The lowest BCUT2D eigenvalue weighted by molar-refractivity contribution is -0.148. The van der Waals surface area contributed by atoms with Gasteiger partial charge in [0, 0.05) is 6.42 Å². The van der Waals surface area contributed by atoms with Crippen LogP contribution in [0.3, 0.4) is 0 Å². The maximum atomic E-state index is 11.7. The van der Waals surface area contributed by atoms with Gasteiger partial charge in [0.1, 0.15) is 6.04 Å². The lowest BCUT2D eigenvalue weighted by Gasteiger charge is -2.15. The SMILES string of the molecule is COC(=O)C[C@H](NC(=O)CC1CCCC1)C(=O)O. The largest absolute Gasteiger partial charge is 0.480 e. The zero-order valence-corrected chi connectivity index (χ0v) is 10.5. The molecule has 0 heterocycles. The van der Waals surface area contributed by atoms with Crippen molar-refractivity contribution in [1.82, 2.24) is 5.32 Å². The molecule has 0 unspecified atom stereocenters. The number of amides is 1. The fourth-order valence-electron chi connectivity index (χ4n) is 2.18. The number of ether oxygens (including phenoxy) is 1. The van der Waals surface area contributed by atoms with Crippen LogP contribution in [0, 0.1) is 5.92 Å². The van der Waals surface area contributed by atoms with Crippen molar-refractivity contribution in [2.45, 2.75) is 44.6 Å². The summed E-state index contributed by atoms with van der Waals surface area (Å²) in [6.45, 7) is 0. The first kappa shape index (κ1) is 14.5. The Morgan fingerprint density at radius 2 is 1.94 bits per heavy atom. The van der Waals surface area contributed by atoms with Crippen LogP contribution in [-0.4, -0.2) is 36.1 Å². The van der Waals surface area contributed by atoms with E-state index in [1.807, 2.05) is 0 Å². The van der Waals surface area contributed by atoms with Gasteiger partial charge in [-0.15, -0.1) is 0 Å². The van der Waals surface area contributed by atoms with Crippen molar-refractivity contribution >= 4 is 17.8 Å². The summed E-state index contributed by atoms with van der Waals surface area (Å²) in [6.07, 6.45) is 4.28. The summed E-state index contributed by atoms with van der Waals surface area (Å²) < 4.78 is 4.39. The van der Waals surface area contributed by atoms with E-state index in [-0.39, 0.29) is 12.3 Å². The van der Waals surface area contributed by atoms with E-state index >= 15 is 0 Å². The number of hydrogen-bond donors (Lipinski definition) is 2. The van der Waals surface area contributed by atoms with Crippen molar-refractivity contribution in [3.8, 4) is 0 Å². The minimum Gasteiger partial charge on any atom is -0.480 e. The molecule has 1 fully saturated rings. The van der Waals surface area contributed by atoms with Crippen LogP contribution in [0.2, 0.25) is 0 Å². The number of aliphatic carboxylic acids is 1. The second-order valence-electron chi connectivity index (χ2n) is 4.59. The van der Waals surface area contributed by atoms with Gasteiger partial charge in [-0.05, 0) is 18.8 Å². The van der Waals surface area contributed by atoms with Gasteiger partial charge < -0.3 is 15.2 Å². The van der Waals surface area contributed by atoms with E-state index in [1.54, 1.807) is 0 Å². The normalized spacial score (nSPS) is 17.2. The molecule has 0 aromatic carbocycles. The first-order chi connectivity index (χ1) is 8.52. The molecule has 2 N–H and O–H groups in total. The molecular formula is C12H19NO5. The standard InChI is InChI=1S/C12H19NO5/c1-18-11(15)7-9(12(16)17)13-10(14)6-8-4-2-3-5-8/h8-9H,2-7H2,1H3,(H,13,14)(H,16,17)/t9-/m0/s1. The molecule has 1 saturated carbocycles. The maximum Gasteiger partial charge on any atom is 0.326 e. The highest BCUT2D eigenvalue weighted by atomic mass is 16.5. The highest BCUT2D eigenvalue weighted by molar-refractivity contribution is 5.87. The lowest BCUT2D eigenvalue weighted by Crippen LogP contribution is -2.42. The molecule has 1 aliphatic carbocycles. The second-order valence-corrected chi connectivity index (χ2v) is 4.59. The molecule has 0 aromatic rings. The van der Waals surface area contributed by atoms with Gasteiger partial charge in [0.05, 0.1) is 13.5 Å². The summed E-state index contributed by atoms with van der Waals surface area (Å²) in [5.74, 6) is -1.83. The Hall–Kier alpha value is -1.59. The summed E-state index contributed by atoms with van der Waals surface area (Å²) >= 11 is 0. The van der Waals surface area contributed by atoms with Crippen molar-refractivity contribution in [2.24, 2.45) is 5.92 Å². The molecule has 6 heteroatoms. The van der Waals surface area contributed by atoms with Crippen molar-refractivity contribution in [3.05, 3.63) is 0 Å². The molecule has 1 atom stereocenters. The van der Waals surface area contributed by atoms with Crippen molar-refractivity contribution < 1.29 is 24.2 Å². The number of hydrogen-bond acceptors (Lipinski definition) is 4. The lowest BCUT2D eigenvalue weighted by atomic mass is 10.0. The van der Waals surface area contributed by atoms with Gasteiger partial charge in [-0.25, -0.2) is 4.79 Å². The number of methoxy groups -OCH3 is 1. The minimum atomic E-state index is -1.22. The number of nitrogens with one attached hydrogen (secondary N) is 1. The van der Waals surface area contributed by atoms with Gasteiger partial charge >= 0.3 is 11.9 Å². The molecule has 0 saturated heterocycles. The van der Waals surface area contributed by atoms with Crippen LogP contribution >= 0.6 is 0 Å². The molecule has 0 bridgehead atoms. The molecule has 6 nitrogen and oxygen atoms in total. The predicted molar refractivity (Wildman–Crippen MR) is 62.8 cm³/mol. The Morgan fingerprint density at radius 1 is 1.33 bits per heavy atom.